The number of nitrogens with zero attached hydrogens (tertiary/aromatic N) is 2. The second-order valence-corrected chi connectivity index (χ2v) is 7.92. The van der Waals surface area contributed by atoms with Crippen molar-refractivity contribution in [3.05, 3.63) is 41.1 Å². The number of carbonyl (C=O) groups excluding carboxylic acids is 1. The Morgan fingerprint density at radius 2 is 1.89 bits per heavy atom. The molecular weight excluding hydrogens is 354 g/mol. The molecule has 2 rings (SSSR count). The van der Waals surface area contributed by atoms with Crippen LogP contribution < -0.4 is 5.32 Å². The fourth-order valence-electron chi connectivity index (χ4n) is 3.38. The SMILES string of the molecule is CCc1cccc(CC)c1NC(=O)CSC1=NCCC=C(C(C)C)N1CC. The van der Waals surface area contributed by atoms with E-state index in [4.69, 9.17) is 4.99 Å². The van der Waals surface area contributed by atoms with Crippen LogP contribution in [-0.2, 0) is 17.6 Å². The third-order valence-electron chi connectivity index (χ3n) is 4.78. The molecule has 0 saturated carbocycles. The smallest absolute Gasteiger partial charge is 0.234 e. The van der Waals surface area contributed by atoms with Crippen LogP contribution in [0.25, 0.3) is 0 Å². The summed E-state index contributed by atoms with van der Waals surface area (Å²) in [7, 11) is 0. The van der Waals surface area contributed by atoms with E-state index in [9.17, 15) is 4.79 Å². The molecule has 0 fully saturated rings. The first-order valence-electron chi connectivity index (χ1n) is 10.1. The fourth-order valence-corrected chi connectivity index (χ4v) is 4.28. The minimum absolute atomic E-state index is 0.0358. The van der Waals surface area contributed by atoms with Gasteiger partial charge in [-0.3, -0.25) is 9.79 Å². The first-order valence-corrected chi connectivity index (χ1v) is 11.1. The maximum absolute atomic E-state index is 12.7. The lowest BCUT2D eigenvalue weighted by molar-refractivity contribution is -0.113. The molecule has 0 unspecified atom stereocenters. The van der Waals surface area contributed by atoms with Crippen molar-refractivity contribution in [2.45, 2.75) is 53.9 Å². The lowest BCUT2D eigenvalue weighted by atomic mass is 10.0. The first kappa shape index (κ1) is 21.5. The number of carbonyl (C=O) groups is 1. The largest absolute Gasteiger partial charge is 0.325 e. The van der Waals surface area contributed by atoms with Gasteiger partial charge in [0.25, 0.3) is 0 Å². The molecule has 0 aromatic heterocycles. The third kappa shape index (κ3) is 5.61. The Morgan fingerprint density at radius 3 is 2.44 bits per heavy atom. The molecule has 0 atom stereocenters. The number of amides is 1. The van der Waals surface area contributed by atoms with Gasteiger partial charge in [0.2, 0.25) is 5.91 Å². The van der Waals surface area contributed by atoms with Gasteiger partial charge in [-0.15, -0.1) is 0 Å². The quantitative estimate of drug-likeness (QED) is 0.707. The molecule has 148 valence electrons. The van der Waals surface area contributed by atoms with Gasteiger partial charge in [0.15, 0.2) is 5.17 Å². The zero-order valence-corrected chi connectivity index (χ0v) is 18.2. The van der Waals surface area contributed by atoms with Crippen molar-refractivity contribution in [1.82, 2.24) is 4.90 Å². The van der Waals surface area contributed by atoms with Crippen molar-refractivity contribution in [3.63, 3.8) is 0 Å². The van der Waals surface area contributed by atoms with Crippen LogP contribution in [-0.4, -0.2) is 34.8 Å². The van der Waals surface area contributed by atoms with E-state index in [0.717, 1.165) is 43.2 Å². The van der Waals surface area contributed by atoms with Crippen LogP contribution in [0.3, 0.4) is 0 Å². The highest BCUT2D eigenvalue weighted by atomic mass is 32.2. The topological polar surface area (TPSA) is 44.7 Å². The lowest BCUT2D eigenvalue weighted by Gasteiger charge is -2.28. The van der Waals surface area contributed by atoms with E-state index < -0.39 is 0 Å². The molecule has 1 amide bonds. The van der Waals surface area contributed by atoms with Gasteiger partial charge in [0, 0.05) is 24.5 Å². The number of aryl methyl sites for hydroxylation is 2. The minimum atomic E-state index is 0.0358. The Balaban J connectivity index is 2.07. The van der Waals surface area contributed by atoms with Gasteiger partial charge >= 0.3 is 0 Å². The standard InChI is InChI=1S/C22H33N3OS/c1-6-17-11-9-12-18(7-2)21(17)24-20(26)15-27-22-23-14-10-13-19(16(4)5)25(22)8-3/h9,11-13,16H,6-8,10,14-15H2,1-5H3,(H,24,26). The Labute approximate surface area is 168 Å². The predicted octanol–water partition coefficient (Wildman–Crippen LogP) is 5.10. The van der Waals surface area contributed by atoms with Gasteiger partial charge in [0.05, 0.1) is 5.75 Å². The van der Waals surface area contributed by atoms with E-state index in [1.807, 2.05) is 0 Å². The molecule has 0 saturated heterocycles. The summed E-state index contributed by atoms with van der Waals surface area (Å²) in [5.41, 5.74) is 4.69. The van der Waals surface area contributed by atoms with Gasteiger partial charge in [-0.05, 0) is 43.2 Å². The number of para-hydroxylation sites is 1. The second-order valence-electron chi connectivity index (χ2n) is 6.98. The van der Waals surface area contributed by atoms with Gasteiger partial charge in [-0.25, -0.2) is 0 Å². The average Bonchev–Trinajstić information content (AvgIpc) is 2.88. The Kier molecular flexibility index (Phi) is 8.42. The number of benzene rings is 1. The maximum Gasteiger partial charge on any atom is 0.234 e. The molecule has 0 bridgehead atoms. The van der Waals surface area contributed by atoms with Gasteiger partial charge in [-0.2, -0.15) is 0 Å². The van der Waals surface area contributed by atoms with E-state index in [-0.39, 0.29) is 5.91 Å². The predicted molar refractivity (Wildman–Crippen MR) is 119 cm³/mol. The van der Waals surface area contributed by atoms with Crippen molar-refractivity contribution < 1.29 is 4.79 Å². The number of nitrogens with one attached hydrogen (secondary N) is 1. The van der Waals surface area contributed by atoms with Crippen LogP contribution in [0, 0.1) is 5.92 Å². The summed E-state index contributed by atoms with van der Waals surface area (Å²) in [6, 6.07) is 6.26. The average molecular weight is 388 g/mol. The third-order valence-corrected chi connectivity index (χ3v) is 5.79. The maximum atomic E-state index is 12.7. The molecule has 27 heavy (non-hydrogen) atoms. The molecule has 1 N–H and O–H groups in total. The normalized spacial score (nSPS) is 14.7. The molecule has 1 aromatic carbocycles. The van der Waals surface area contributed by atoms with Crippen molar-refractivity contribution in [2.24, 2.45) is 10.9 Å². The zero-order valence-electron chi connectivity index (χ0n) is 17.3. The van der Waals surface area contributed by atoms with Crippen LogP contribution in [0.15, 0.2) is 35.0 Å². The van der Waals surface area contributed by atoms with Gasteiger partial charge in [0.1, 0.15) is 0 Å². The van der Waals surface area contributed by atoms with E-state index in [0.29, 0.717) is 11.7 Å². The Hall–Kier alpha value is -1.75. The molecule has 1 aliphatic rings. The number of aliphatic imine (C=N–C) groups is 1. The summed E-state index contributed by atoms with van der Waals surface area (Å²) in [4.78, 5) is 19.7. The van der Waals surface area contributed by atoms with Crippen molar-refractivity contribution in [1.29, 1.82) is 0 Å². The molecule has 1 aliphatic heterocycles. The number of rotatable bonds is 7. The fraction of sp³-hybridized carbons (Fsp3) is 0.545. The molecule has 0 radical (unpaired) electrons. The van der Waals surface area contributed by atoms with Crippen molar-refractivity contribution in [2.75, 3.05) is 24.2 Å². The summed E-state index contributed by atoms with van der Waals surface area (Å²) in [6.07, 6.45) is 5.07. The molecular formula is C22H33N3OS. The number of amidine groups is 1. The molecule has 1 aromatic rings. The van der Waals surface area contributed by atoms with Crippen LogP contribution in [0.1, 0.15) is 52.2 Å². The van der Waals surface area contributed by atoms with Crippen LogP contribution >= 0.6 is 11.8 Å². The second kappa shape index (κ2) is 10.5. The minimum Gasteiger partial charge on any atom is -0.325 e. The summed E-state index contributed by atoms with van der Waals surface area (Å²) in [5.74, 6) is 0.863. The van der Waals surface area contributed by atoms with Gasteiger partial charge < -0.3 is 10.2 Å². The molecule has 1 heterocycles. The monoisotopic (exact) mass is 387 g/mol. The number of hydrogen-bond acceptors (Lipinski definition) is 4. The first-order chi connectivity index (χ1) is 13.0. The molecule has 0 spiro atoms. The number of allylic oxidation sites excluding steroid dienone is 1. The highest BCUT2D eigenvalue weighted by Crippen LogP contribution is 2.25. The van der Waals surface area contributed by atoms with Gasteiger partial charge in [-0.1, -0.05) is 63.7 Å². The van der Waals surface area contributed by atoms with Crippen molar-refractivity contribution in [3.8, 4) is 0 Å². The summed E-state index contributed by atoms with van der Waals surface area (Å²) in [6.45, 7) is 12.5. The summed E-state index contributed by atoms with van der Waals surface area (Å²) >= 11 is 1.54. The van der Waals surface area contributed by atoms with Crippen molar-refractivity contribution >= 4 is 28.5 Å². The Morgan fingerprint density at radius 1 is 1.22 bits per heavy atom. The van der Waals surface area contributed by atoms with E-state index in [1.165, 1.54) is 16.8 Å². The van der Waals surface area contributed by atoms with Crippen LogP contribution in [0.5, 0.6) is 0 Å². The van der Waals surface area contributed by atoms with E-state index in [2.05, 4.69) is 69.1 Å². The van der Waals surface area contributed by atoms with Crippen LogP contribution in [0.4, 0.5) is 5.69 Å². The van der Waals surface area contributed by atoms with E-state index >= 15 is 0 Å². The van der Waals surface area contributed by atoms with Crippen LogP contribution in [0.2, 0.25) is 0 Å². The highest BCUT2D eigenvalue weighted by molar-refractivity contribution is 8.14. The molecule has 4 nitrogen and oxygen atoms in total. The molecule has 5 heteroatoms. The molecule has 0 aliphatic carbocycles. The summed E-state index contributed by atoms with van der Waals surface area (Å²) in [5, 5.41) is 4.12. The lowest BCUT2D eigenvalue weighted by Crippen LogP contribution is -2.31. The number of anilines is 1. The summed E-state index contributed by atoms with van der Waals surface area (Å²) < 4.78 is 0. The zero-order chi connectivity index (χ0) is 19.8. The Bertz CT molecular complexity index is 687. The number of thioether (sulfide) groups is 1. The highest BCUT2D eigenvalue weighted by Gasteiger charge is 2.20. The number of hydrogen-bond donors (Lipinski definition) is 1. The van der Waals surface area contributed by atoms with E-state index in [1.54, 1.807) is 11.8 Å².